The topological polar surface area (TPSA) is 115 Å². The van der Waals surface area contributed by atoms with Gasteiger partial charge in [-0.2, -0.15) is 4.98 Å². The maximum absolute atomic E-state index is 12.9. The number of likely N-dealkylation sites (tertiary alicyclic amines) is 2. The summed E-state index contributed by atoms with van der Waals surface area (Å²) < 4.78 is 10.5. The molecule has 150 valence electrons. The lowest BCUT2D eigenvalue weighted by atomic mass is 9.92. The van der Waals surface area contributed by atoms with Crippen LogP contribution in [0.15, 0.2) is 4.52 Å². The van der Waals surface area contributed by atoms with Crippen LogP contribution in [0.1, 0.15) is 43.3 Å². The largest absolute Gasteiger partial charge is 0.384 e. The number of piperidine rings is 2. The van der Waals surface area contributed by atoms with Crippen LogP contribution in [0.3, 0.4) is 0 Å². The lowest BCUT2D eigenvalue weighted by Gasteiger charge is -2.36. The van der Waals surface area contributed by atoms with Crippen molar-refractivity contribution in [1.82, 2.24) is 19.9 Å². The van der Waals surface area contributed by atoms with E-state index in [-0.39, 0.29) is 30.2 Å². The van der Waals surface area contributed by atoms with E-state index in [1.807, 2.05) is 9.80 Å². The third-order valence-corrected chi connectivity index (χ3v) is 5.41. The highest BCUT2D eigenvalue weighted by molar-refractivity contribution is 5.79. The first-order valence-corrected chi connectivity index (χ1v) is 9.67. The van der Waals surface area contributed by atoms with Gasteiger partial charge in [0, 0.05) is 32.5 Å². The minimum Gasteiger partial charge on any atom is -0.384 e. The summed E-state index contributed by atoms with van der Waals surface area (Å²) in [6.07, 6.45) is 4.06. The highest BCUT2D eigenvalue weighted by Gasteiger charge is 2.33. The molecule has 3 heterocycles. The Morgan fingerprint density at radius 2 is 2.04 bits per heavy atom. The molecule has 0 saturated carbocycles. The first kappa shape index (κ1) is 19.8. The molecular weight excluding hydrogens is 350 g/mol. The van der Waals surface area contributed by atoms with Gasteiger partial charge < -0.3 is 19.9 Å². The van der Waals surface area contributed by atoms with Gasteiger partial charge in [0.05, 0.1) is 19.1 Å². The highest BCUT2D eigenvalue weighted by atomic mass is 16.5. The van der Waals surface area contributed by atoms with Gasteiger partial charge >= 0.3 is 0 Å². The smallest absolute Gasteiger partial charge is 0.231 e. The van der Waals surface area contributed by atoms with E-state index in [4.69, 9.17) is 15.0 Å². The van der Waals surface area contributed by atoms with Gasteiger partial charge in [0.25, 0.3) is 0 Å². The van der Waals surface area contributed by atoms with E-state index in [0.717, 1.165) is 45.3 Å². The van der Waals surface area contributed by atoms with E-state index in [0.29, 0.717) is 31.3 Å². The highest BCUT2D eigenvalue weighted by Crippen LogP contribution is 2.28. The van der Waals surface area contributed by atoms with Crippen LogP contribution < -0.4 is 5.73 Å². The SMILES string of the molecule is COCCc1noc([C@H]2CCCN(C(=O)C3CCN(CC(N)=O)CC3)C2)n1. The lowest BCUT2D eigenvalue weighted by molar-refractivity contribution is -0.138. The van der Waals surface area contributed by atoms with Gasteiger partial charge in [-0.3, -0.25) is 14.5 Å². The van der Waals surface area contributed by atoms with Crippen LogP contribution in [0.4, 0.5) is 0 Å². The maximum atomic E-state index is 12.9. The summed E-state index contributed by atoms with van der Waals surface area (Å²) in [5.74, 6) is 1.28. The van der Waals surface area contributed by atoms with Gasteiger partial charge in [-0.25, -0.2) is 0 Å². The van der Waals surface area contributed by atoms with Crippen molar-refractivity contribution in [3.63, 3.8) is 0 Å². The minimum atomic E-state index is -0.317. The molecule has 0 spiro atoms. The fourth-order valence-electron chi connectivity index (χ4n) is 3.92. The number of primary amides is 1. The molecule has 0 radical (unpaired) electrons. The third-order valence-electron chi connectivity index (χ3n) is 5.41. The Hall–Kier alpha value is -2.00. The van der Waals surface area contributed by atoms with Gasteiger partial charge in [0.1, 0.15) is 0 Å². The van der Waals surface area contributed by atoms with Crippen molar-refractivity contribution >= 4 is 11.8 Å². The molecular formula is C18H29N5O4. The monoisotopic (exact) mass is 379 g/mol. The van der Waals surface area contributed by atoms with Gasteiger partial charge in [-0.05, 0) is 38.8 Å². The number of methoxy groups -OCH3 is 1. The van der Waals surface area contributed by atoms with Crippen molar-refractivity contribution < 1.29 is 18.8 Å². The number of amides is 2. The molecule has 9 heteroatoms. The quantitative estimate of drug-likeness (QED) is 0.718. The first-order valence-electron chi connectivity index (χ1n) is 9.67. The second kappa shape index (κ2) is 9.27. The number of nitrogens with zero attached hydrogens (tertiary/aromatic N) is 4. The molecule has 9 nitrogen and oxygen atoms in total. The van der Waals surface area contributed by atoms with E-state index >= 15 is 0 Å². The summed E-state index contributed by atoms with van der Waals surface area (Å²) in [5.41, 5.74) is 5.25. The number of hydrogen-bond acceptors (Lipinski definition) is 7. The molecule has 2 N–H and O–H groups in total. The zero-order chi connectivity index (χ0) is 19.2. The van der Waals surface area contributed by atoms with Crippen LogP contribution in [0.2, 0.25) is 0 Å². The number of nitrogens with two attached hydrogens (primary N) is 1. The Kier molecular flexibility index (Phi) is 6.78. The fraction of sp³-hybridized carbons (Fsp3) is 0.778. The predicted octanol–water partition coefficient (Wildman–Crippen LogP) is 0.162. The van der Waals surface area contributed by atoms with Gasteiger partial charge in [-0.15, -0.1) is 0 Å². The average molecular weight is 379 g/mol. The Bertz CT molecular complexity index is 641. The molecule has 2 aliphatic heterocycles. The standard InChI is InChI=1S/C18H29N5O4/c1-26-10-6-16-20-17(27-21-16)14-3-2-7-23(11-14)18(25)13-4-8-22(9-5-13)12-15(19)24/h13-14H,2-12H2,1H3,(H2,19,24)/t14-/m0/s1. The van der Waals surface area contributed by atoms with Crippen LogP contribution in [-0.2, 0) is 20.7 Å². The molecule has 0 bridgehead atoms. The summed E-state index contributed by atoms with van der Waals surface area (Å²) in [6, 6.07) is 0. The van der Waals surface area contributed by atoms with Crippen LogP contribution in [0.5, 0.6) is 0 Å². The Balaban J connectivity index is 1.52. The molecule has 0 unspecified atom stereocenters. The number of carbonyl (C=O) groups is 2. The summed E-state index contributed by atoms with van der Waals surface area (Å²) >= 11 is 0. The van der Waals surface area contributed by atoms with Crippen molar-refractivity contribution in [1.29, 1.82) is 0 Å². The molecule has 0 aliphatic carbocycles. The van der Waals surface area contributed by atoms with Crippen LogP contribution in [-0.4, -0.2) is 78.2 Å². The molecule has 1 atom stereocenters. The van der Waals surface area contributed by atoms with Crippen molar-refractivity contribution in [2.24, 2.45) is 11.7 Å². The lowest BCUT2D eigenvalue weighted by Crippen LogP contribution is -2.47. The Morgan fingerprint density at radius 1 is 1.26 bits per heavy atom. The van der Waals surface area contributed by atoms with Crippen molar-refractivity contribution in [3.8, 4) is 0 Å². The number of rotatable bonds is 7. The number of aromatic nitrogens is 2. The number of ether oxygens (including phenoxy) is 1. The predicted molar refractivity (Wildman–Crippen MR) is 96.8 cm³/mol. The molecule has 2 saturated heterocycles. The fourth-order valence-corrected chi connectivity index (χ4v) is 3.92. The summed E-state index contributed by atoms with van der Waals surface area (Å²) in [5, 5.41) is 4.01. The molecule has 2 amide bonds. The van der Waals surface area contributed by atoms with Crippen molar-refractivity contribution in [3.05, 3.63) is 11.7 Å². The molecule has 2 fully saturated rings. The molecule has 1 aromatic heterocycles. The van der Waals surface area contributed by atoms with Gasteiger partial charge in [-0.1, -0.05) is 5.16 Å². The summed E-state index contributed by atoms with van der Waals surface area (Å²) in [4.78, 5) is 32.4. The molecule has 1 aromatic rings. The van der Waals surface area contributed by atoms with Gasteiger partial charge in [0.2, 0.25) is 17.7 Å². The molecule has 0 aromatic carbocycles. The molecule has 3 rings (SSSR count). The maximum Gasteiger partial charge on any atom is 0.231 e. The van der Waals surface area contributed by atoms with E-state index in [1.54, 1.807) is 7.11 Å². The average Bonchev–Trinajstić information content (AvgIpc) is 3.15. The third kappa shape index (κ3) is 5.26. The van der Waals surface area contributed by atoms with Crippen LogP contribution in [0.25, 0.3) is 0 Å². The number of carbonyl (C=O) groups excluding carboxylic acids is 2. The van der Waals surface area contributed by atoms with E-state index in [9.17, 15) is 9.59 Å². The summed E-state index contributed by atoms with van der Waals surface area (Å²) in [6.45, 7) is 3.72. The minimum absolute atomic E-state index is 0.0211. The first-order chi connectivity index (χ1) is 13.1. The van der Waals surface area contributed by atoms with Crippen molar-refractivity contribution in [2.75, 3.05) is 46.4 Å². The normalized spacial score (nSPS) is 22.1. The zero-order valence-electron chi connectivity index (χ0n) is 15.9. The Morgan fingerprint density at radius 3 is 2.74 bits per heavy atom. The number of hydrogen-bond donors (Lipinski definition) is 1. The second-order valence-electron chi connectivity index (χ2n) is 7.43. The summed E-state index contributed by atoms with van der Waals surface area (Å²) in [7, 11) is 1.64. The molecule has 27 heavy (non-hydrogen) atoms. The van der Waals surface area contributed by atoms with Crippen molar-refractivity contribution in [2.45, 2.75) is 38.0 Å². The zero-order valence-corrected chi connectivity index (χ0v) is 15.9. The Labute approximate surface area is 159 Å². The molecule has 2 aliphatic rings. The van der Waals surface area contributed by atoms with E-state index < -0.39 is 0 Å². The second-order valence-corrected chi connectivity index (χ2v) is 7.43. The van der Waals surface area contributed by atoms with Gasteiger partial charge in [0.15, 0.2) is 5.82 Å². The van der Waals surface area contributed by atoms with E-state index in [2.05, 4.69) is 10.1 Å². The van der Waals surface area contributed by atoms with Crippen LogP contribution >= 0.6 is 0 Å². The van der Waals surface area contributed by atoms with Crippen LogP contribution in [0, 0.1) is 5.92 Å². The van der Waals surface area contributed by atoms with E-state index in [1.165, 1.54) is 0 Å².